The first-order chi connectivity index (χ1) is 9.11. The number of hydrogen-bond acceptors (Lipinski definition) is 5. The van der Waals surface area contributed by atoms with Crippen LogP contribution in [0.2, 0.25) is 0 Å². The molecule has 0 aromatic rings. The third-order valence-corrected chi connectivity index (χ3v) is 3.94. The summed E-state index contributed by atoms with van der Waals surface area (Å²) in [5.74, 6) is -0.133. The van der Waals surface area contributed by atoms with E-state index in [9.17, 15) is 9.90 Å². The van der Waals surface area contributed by atoms with E-state index in [1.807, 2.05) is 0 Å². The minimum Gasteiger partial charge on any atom is -0.388 e. The maximum Gasteiger partial charge on any atom is 0.217 e. The second kappa shape index (κ2) is 6.65. The van der Waals surface area contributed by atoms with Gasteiger partial charge in [0, 0.05) is 26.6 Å². The lowest BCUT2D eigenvalue weighted by Crippen LogP contribution is -2.47. The second-order valence-electron chi connectivity index (χ2n) is 5.42. The number of nitrogens with zero attached hydrogens (tertiary/aromatic N) is 1. The minimum atomic E-state index is -0.632. The van der Waals surface area contributed by atoms with Crippen molar-refractivity contribution in [1.29, 1.82) is 0 Å². The Labute approximate surface area is 114 Å². The second-order valence-corrected chi connectivity index (χ2v) is 5.42. The molecule has 19 heavy (non-hydrogen) atoms. The molecule has 6 nitrogen and oxygen atoms in total. The first-order valence-electron chi connectivity index (χ1n) is 6.91. The predicted octanol–water partition coefficient (Wildman–Crippen LogP) is -0.638. The zero-order valence-corrected chi connectivity index (χ0v) is 11.7. The van der Waals surface area contributed by atoms with Crippen molar-refractivity contribution in [3.63, 3.8) is 0 Å². The van der Waals surface area contributed by atoms with Crippen LogP contribution in [-0.4, -0.2) is 73.6 Å². The van der Waals surface area contributed by atoms with Gasteiger partial charge in [-0.2, -0.15) is 0 Å². The van der Waals surface area contributed by atoms with Crippen LogP contribution < -0.4 is 5.32 Å². The Bertz CT molecular complexity index is 313. The Hall–Kier alpha value is -0.690. The third kappa shape index (κ3) is 3.66. The number of carbonyl (C=O) groups is 1. The molecule has 2 rings (SSSR count). The Morgan fingerprint density at radius 1 is 1.58 bits per heavy atom. The van der Waals surface area contributed by atoms with E-state index in [2.05, 4.69) is 10.2 Å². The summed E-state index contributed by atoms with van der Waals surface area (Å²) in [6.07, 6.45) is 1.43. The number of carbonyl (C=O) groups excluding carboxylic acids is 1. The molecule has 6 heteroatoms. The molecule has 2 fully saturated rings. The molecule has 0 saturated carbocycles. The van der Waals surface area contributed by atoms with Crippen LogP contribution in [0.25, 0.3) is 0 Å². The molecule has 0 bridgehead atoms. The molecule has 1 amide bonds. The van der Waals surface area contributed by atoms with Crippen LogP contribution in [0.15, 0.2) is 0 Å². The molecule has 0 aliphatic carbocycles. The van der Waals surface area contributed by atoms with E-state index in [4.69, 9.17) is 9.47 Å². The fourth-order valence-electron chi connectivity index (χ4n) is 2.98. The van der Waals surface area contributed by atoms with Gasteiger partial charge in [0.05, 0.1) is 25.4 Å². The summed E-state index contributed by atoms with van der Waals surface area (Å²) < 4.78 is 10.8. The summed E-state index contributed by atoms with van der Waals surface area (Å²) >= 11 is 0. The van der Waals surface area contributed by atoms with Crippen molar-refractivity contribution in [2.24, 2.45) is 0 Å². The summed E-state index contributed by atoms with van der Waals surface area (Å²) in [7, 11) is 1.71. The summed E-state index contributed by atoms with van der Waals surface area (Å²) in [5, 5.41) is 12.9. The zero-order chi connectivity index (χ0) is 13.8. The van der Waals surface area contributed by atoms with E-state index in [-0.39, 0.29) is 18.1 Å². The number of amides is 1. The van der Waals surface area contributed by atoms with Gasteiger partial charge < -0.3 is 19.9 Å². The van der Waals surface area contributed by atoms with Crippen molar-refractivity contribution >= 4 is 5.91 Å². The van der Waals surface area contributed by atoms with Gasteiger partial charge in [0.15, 0.2) is 0 Å². The van der Waals surface area contributed by atoms with Gasteiger partial charge in [-0.25, -0.2) is 0 Å². The van der Waals surface area contributed by atoms with Crippen molar-refractivity contribution < 1.29 is 19.4 Å². The average molecular weight is 272 g/mol. The summed E-state index contributed by atoms with van der Waals surface area (Å²) in [6, 6.07) is 0.131. The van der Waals surface area contributed by atoms with Crippen LogP contribution in [0, 0.1) is 0 Å². The Morgan fingerprint density at radius 2 is 2.37 bits per heavy atom. The standard InChI is InChI=1S/C13H24N2O4/c1-9(16)14-11-8-19-12(13(11)17)6-15-5-3-4-10(15)7-18-2/h10-13,17H,3-8H2,1-2H3,(H,14,16)/t10-,11+,12+,13-/m1/s1. The number of ether oxygens (including phenoxy) is 2. The third-order valence-electron chi connectivity index (χ3n) is 3.94. The maximum absolute atomic E-state index is 11.0. The monoisotopic (exact) mass is 272 g/mol. The van der Waals surface area contributed by atoms with E-state index in [0.29, 0.717) is 19.2 Å². The number of aliphatic hydroxyl groups excluding tert-OH is 1. The lowest BCUT2D eigenvalue weighted by Gasteiger charge is -2.28. The SMILES string of the molecule is COC[C@H]1CCCN1C[C@@H]1OC[C@H](NC(C)=O)[C@H]1O. The maximum atomic E-state index is 11.0. The number of aliphatic hydroxyl groups is 1. The fourth-order valence-corrected chi connectivity index (χ4v) is 2.98. The molecule has 2 N–H and O–H groups in total. The Balaban J connectivity index is 1.84. The molecular formula is C13H24N2O4. The summed E-state index contributed by atoms with van der Waals surface area (Å²) in [6.45, 7) is 4.28. The topological polar surface area (TPSA) is 71.0 Å². The number of methoxy groups -OCH3 is 1. The van der Waals surface area contributed by atoms with Crippen molar-refractivity contribution in [2.45, 2.75) is 44.1 Å². The highest BCUT2D eigenvalue weighted by molar-refractivity contribution is 5.73. The number of hydrogen-bond donors (Lipinski definition) is 2. The minimum absolute atomic E-state index is 0.133. The van der Waals surface area contributed by atoms with E-state index in [1.54, 1.807) is 7.11 Å². The zero-order valence-electron chi connectivity index (χ0n) is 11.7. The highest BCUT2D eigenvalue weighted by atomic mass is 16.5. The van der Waals surface area contributed by atoms with E-state index in [0.717, 1.165) is 26.0 Å². The molecule has 2 aliphatic heterocycles. The summed E-state index contributed by atoms with van der Waals surface area (Å²) in [5.41, 5.74) is 0. The van der Waals surface area contributed by atoms with E-state index in [1.165, 1.54) is 6.92 Å². The average Bonchev–Trinajstić information content (AvgIpc) is 2.91. The van der Waals surface area contributed by atoms with Crippen molar-refractivity contribution in [3.8, 4) is 0 Å². The molecular weight excluding hydrogens is 248 g/mol. The van der Waals surface area contributed by atoms with Gasteiger partial charge >= 0.3 is 0 Å². The van der Waals surface area contributed by atoms with Crippen LogP contribution in [0.3, 0.4) is 0 Å². The van der Waals surface area contributed by atoms with Gasteiger partial charge in [-0.15, -0.1) is 0 Å². The number of nitrogens with one attached hydrogen (secondary N) is 1. The van der Waals surface area contributed by atoms with Crippen LogP contribution in [0.4, 0.5) is 0 Å². The molecule has 110 valence electrons. The summed E-state index contributed by atoms with van der Waals surface area (Å²) in [4.78, 5) is 13.3. The molecule has 2 aliphatic rings. The molecule has 4 atom stereocenters. The molecule has 2 heterocycles. The number of likely N-dealkylation sites (tertiary alicyclic amines) is 1. The molecule has 0 radical (unpaired) electrons. The quantitative estimate of drug-likeness (QED) is 0.697. The van der Waals surface area contributed by atoms with Gasteiger partial charge in [0.1, 0.15) is 6.10 Å². The number of rotatable bonds is 5. The largest absolute Gasteiger partial charge is 0.388 e. The molecule has 0 aromatic carbocycles. The molecule has 0 spiro atoms. The van der Waals surface area contributed by atoms with Gasteiger partial charge in [-0.1, -0.05) is 0 Å². The fraction of sp³-hybridized carbons (Fsp3) is 0.923. The lowest BCUT2D eigenvalue weighted by molar-refractivity contribution is -0.120. The van der Waals surface area contributed by atoms with E-state index < -0.39 is 6.10 Å². The molecule has 0 unspecified atom stereocenters. The highest BCUT2D eigenvalue weighted by Crippen LogP contribution is 2.22. The Kier molecular flexibility index (Phi) is 5.15. The first kappa shape index (κ1) is 14.7. The van der Waals surface area contributed by atoms with Crippen LogP contribution in [0.1, 0.15) is 19.8 Å². The predicted molar refractivity (Wildman–Crippen MR) is 69.8 cm³/mol. The van der Waals surface area contributed by atoms with Crippen LogP contribution >= 0.6 is 0 Å². The van der Waals surface area contributed by atoms with E-state index >= 15 is 0 Å². The van der Waals surface area contributed by atoms with Gasteiger partial charge in [0.2, 0.25) is 5.91 Å². The van der Waals surface area contributed by atoms with Crippen molar-refractivity contribution in [3.05, 3.63) is 0 Å². The van der Waals surface area contributed by atoms with Gasteiger partial charge in [-0.05, 0) is 19.4 Å². The van der Waals surface area contributed by atoms with Crippen molar-refractivity contribution in [1.82, 2.24) is 10.2 Å². The smallest absolute Gasteiger partial charge is 0.217 e. The normalized spacial score (nSPS) is 35.7. The van der Waals surface area contributed by atoms with Crippen LogP contribution in [0.5, 0.6) is 0 Å². The van der Waals surface area contributed by atoms with Crippen molar-refractivity contribution in [2.75, 3.05) is 33.4 Å². The van der Waals surface area contributed by atoms with Gasteiger partial charge in [-0.3, -0.25) is 9.69 Å². The molecule has 2 saturated heterocycles. The first-order valence-corrected chi connectivity index (χ1v) is 6.91. The van der Waals surface area contributed by atoms with Crippen LogP contribution in [-0.2, 0) is 14.3 Å². The molecule has 0 aromatic heterocycles. The lowest BCUT2D eigenvalue weighted by atomic mass is 10.1. The highest BCUT2D eigenvalue weighted by Gasteiger charge is 2.39. The van der Waals surface area contributed by atoms with Gasteiger partial charge in [0.25, 0.3) is 0 Å². The Morgan fingerprint density at radius 3 is 3.05 bits per heavy atom.